The maximum atomic E-state index is 2.37. The number of nitrogens with zero attached hydrogens (tertiary/aromatic N) is 2. The van der Waals surface area contributed by atoms with Crippen molar-refractivity contribution >= 4 is 44.1 Å². The highest BCUT2D eigenvalue weighted by Crippen LogP contribution is 2.50. The zero-order valence-corrected chi connectivity index (χ0v) is 19.7. The Morgan fingerprint density at radius 2 is 0.636 bits per heavy atom. The Balaban J connectivity index is 1.70. The first kappa shape index (κ1) is 21.0. The van der Waals surface area contributed by atoms with Gasteiger partial charge in [0.25, 0.3) is 0 Å². The van der Waals surface area contributed by atoms with E-state index in [1.165, 1.54) is 21.1 Å². The standard InChI is InChI=1S/C30H26N2S/c1-23-24(2)30(32(27-19-11-5-12-20-27)28-21-13-6-14-22-28)33-29(23)31(25-15-7-3-8-16-25)26-17-9-4-10-18-26/h3-22H,1-2H3. The highest BCUT2D eigenvalue weighted by atomic mass is 32.1. The molecule has 33 heavy (non-hydrogen) atoms. The Morgan fingerprint density at radius 3 is 0.879 bits per heavy atom. The lowest BCUT2D eigenvalue weighted by atomic mass is 10.1. The van der Waals surface area contributed by atoms with Crippen molar-refractivity contribution in [1.82, 2.24) is 0 Å². The van der Waals surface area contributed by atoms with Gasteiger partial charge in [0.05, 0.1) is 0 Å². The first-order chi connectivity index (χ1) is 16.2. The molecule has 0 spiro atoms. The zero-order valence-electron chi connectivity index (χ0n) is 18.8. The smallest absolute Gasteiger partial charge is 0.105 e. The molecular weight excluding hydrogens is 420 g/mol. The van der Waals surface area contributed by atoms with E-state index in [-0.39, 0.29) is 0 Å². The molecule has 3 heteroatoms. The van der Waals surface area contributed by atoms with Crippen molar-refractivity contribution < 1.29 is 0 Å². The highest BCUT2D eigenvalue weighted by Gasteiger charge is 2.24. The molecule has 2 nitrogen and oxygen atoms in total. The molecule has 4 aromatic carbocycles. The van der Waals surface area contributed by atoms with Gasteiger partial charge in [-0.05, 0) is 73.5 Å². The maximum absolute atomic E-state index is 2.37. The number of thiophene rings is 1. The van der Waals surface area contributed by atoms with Crippen LogP contribution in [0.3, 0.4) is 0 Å². The van der Waals surface area contributed by atoms with Crippen molar-refractivity contribution in [3.8, 4) is 0 Å². The SMILES string of the molecule is Cc1c(N(c2ccccc2)c2ccccc2)sc(N(c2ccccc2)c2ccccc2)c1C. The van der Waals surface area contributed by atoms with Crippen LogP contribution in [0, 0.1) is 13.8 Å². The van der Waals surface area contributed by atoms with Gasteiger partial charge >= 0.3 is 0 Å². The van der Waals surface area contributed by atoms with Gasteiger partial charge in [-0.1, -0.05) is 84.1 Å². The van der Waals surface area contributed by atoms with Gasteiger partial charge in [0.2, 0.25) is 0 Å². The summed E-state index contributed by atoms with van der Waals surface area (Å²) in [5.74, 6) is 0. The molecule has 5 rings (SSSR count). The van der Waals surface area contributed by atoms with Crippen LogP contribution in [0.25, 0.3) is 0 Å². The first-order valence-electron chi connectivity index (χ1n) is 11.1. The number of anilines is 6. The van der Waals surface area contributed by atoms with Gasteiger partial charge in [0, 0.05) is 22.7 Å². The summed E-state index contributed by atoms with van der Waals surface area (Å²) < 4.78 is 0. The van der Waals surface area contributed by atoms with Gasteiger partial charge < -0.3 is 9.80 Å². The maximum Gasteiger partial charge on any atom is 0.105 e. The Kier molecular flexibility index (Phi) is 5.97. The molecule has 1 aromatic heterocycles. The minimum Gasteiger partial charge on any atom is -0.302 e. The van der Waals surface area contributed by atoms with E-state index in [1.807, 2.05) is 11.3 Å². The summed E-state index contributed by atoms with van der Waals surface area (Å²) in [6.45, 7) is 4.47. The molecule has 0 radical (unpaired) electrons. The van der Waals surface area contributed by atoms with Crippen LogP contribution in [-0.4, -0.2) is 0 Å². The Hall–Kier alpha value is -3.82. The third-order valence-corrected chi connectivity index (χ3v) is 7.23. The molecule has 0 aliphatic rings. The molecule has 0 saturated heterocycles. The summed E-state index contributed by atoms with van der Waals surface area (Å²) in [7, 11) is 0. The summed E-state index contributed by atoms with van der Waals surface area (Å²) in [4.78, 5) is 4.73. The molecule has 162 valence electrons. The van der Waals surface area contributed by atoms with Crippen LogP contribution in [0.1, 0.15) is 11.1 Å². The molecule has 0 aliphatic carbocycles. The number of rotatable bonds is 6. The molecule has 5 aromatic rings. The van der Waals surface area contributed by atoms with E-state index in [0.717, 1.165) is 22.7 Å². The largest absolute Gasteiger partial charge is 0.302 e. The lowest BCUT2D eigenvalue weighted by Crippen LogP contribution is -2.09. The van der Waals surface area contributed by atoms with Gasteiger partial charge in [-0.15, -0.1) is 0 Å². The lowest BCUT2D eigenvalue weighted by molar-refractivity contribution is 1.25. The minimum absolute atomic E-state index is 1.16. The fourth-order valence-electron chi connectivity index (χ4n) is 4.07. The van der Waals surface area contributed by atoms with E-state index < -0.39 is 0 Å². The van der Waals surface area contributed by atoms with Crippen LogP contribution in [0.2, 0.25) is 0 Å². The monoisotopic (exact) mass is 446 g/mol. The summed E-state index contributed by atoms with van der Waals surface area (Å²) in [6, 6.07) is 42.5. The first-order valence-corrected chi connectivity index (χ1v) is 12.0. The minimum atomic E-state index is 1.16. The highest BCUT2D eigenvalue weighted by molar-refractivity contribution is 7.20. The van der Waals surface area contributed by atoms with Crippen LogP contribution in [-0.2, 0) is 0 Å². The van der Waals surface area contributed by atoms with E-state index in [2.05, 4.69) is 145 Å². The number of hydrogen-bond donors (Lipinski definition) is 0. The van der Waals surface area contributed by atoms with Crippen molar-refractivity contribution in [1.29, 1.82) is 0 Å². The summed E-state index contributed by atoms with van der Waals surface area (Å²) in [6.07, 6.45) is 0. The number of para-hydroxylation sites is 4. The predicted octanol–water partition coefficient (Wildman–Crippen LogP) is 9.30. The van der Waals surface area contributed by atoms with Crippen molar-refractivity contribution in [3.63, 3.8) is 0 Å². The van der Waals surface area contributed by atoms with E-state index in [1.54, 1.807) is 0 Å². The summed E-state index contributed by atoms with van der Waals surface area (Å²) in [5.41, 5.74) is 7.21. The normalized spacial score (nSPS) is 10.7. The van der Waals surface area contributed by atoms with Crippen LogP contribution >= 0.6 is 11.3 Å². The topological polar surface area (TPSA) is 6.48 Å². The summed E-state index contributed by atoms with van der Waals surface area (Å²) >= 11 is 1.83. The van der Waals surface area contributed by atoms with E-state index in [9.17, 15) is 0 Å². The van der Waals surface area contributed by atoms with E-state index in [4.69, 9.17) is 0 Å². The summed E-state index contributed by atoms with van der Waals surface area (Å²) in [5, 5.41) is 2.47. The van der Waals surface area contributed by atoms with Gasteiger partial charge in [-0.2, -0.15) is 0 Å². The second kappa shape index (κ2) is 9.35. The van der Waals surface area contributed by atoms with Gasteiger partial charge in [-0.3, -0.25) is 0 Å². The molecule has 0 bridgehead atoms. The fourth-order valence-corrected chi connectivity index (χ4v) is 5.47. The average Bonchev–Trinajstić information content (AvgIpc) is 3.16. The van der Waals surface area contributed by atoms with Gasteiger partial charge in [0.1, 0.15) is 10.0 Å². The van der Waals surface area contributed by atoms with Crippen molar-refractivity contribution in [3.05, 3.63) is 132 Å². The molecular formula is C30H26N2S. The number of hydrogen-bond acceptors (Lipinski definition) is 3. The molecule has 0 N–H and O–H groups in total. The van der Waals surface area contributed by atoms with Gasteiger partial charge in [0.15, 0.2) is 0 Å². The predicted molar refractivity (Wildman–Crippen MR) is 143 cm³/mol. The molecule has 0 atom stereocenters. The Bertz CT molecular complexity index is 1130. The second-order valence-electron chi connectivity index (χ2n) is 7.98. The van der Waals surface area contributed by atoms with Crippen LogP contribution in [0.5, 0.6) is 0 Å². The van der Waals surface area contributed by atoms with Crippen LogP contribution < -0.4 is 9.80 Å². The average molecular weight is 447 g/mol. The fraction of sp³-hybridized carbons (Fsp3) is 0.0667. The Morgan fingerprint density at radius 1 is 0.394 bits per heavy atom. The third kappa shape index (κ3) is 4.15. The zero-order chi connectivity index (χ0) is 22.6. The third-order valence-electron chi connectivity index (χ3n) is 5.86. The second-order valence-corrected chi connectivity index (χ2v) is 8.95. The van der Waals surface area contributed by atoms with Crippen LogP contribution in [0.15, 0.2) is 121 Å². The van der Waals surface area contributed by atoms with E-state index >= 15 is 0 Å². The molecule has 0 aliphatic heterocycles. The van der Waals surface area contributed by atoms with Crippen LogP contribution in [0.4, 0.5) is 32.8 Å². The number of benzene rings is 4. The van der Waals surface area contributed by atoms with E-state index in [0.29, 0.717) is 0 Å². The quantitative estimate of drug-likeness (QED) is 0.256. The molecule has 1 heterocycles. The van der Waals surface area contributed by atoms with Gasteiger partial charge in [-0.25, -0.2) is 0 Å². The molecule has 0 unspecified atom stereocenters. The molecule has 0 fully saturated rings. The van der Waals surface area contributed by atoms with Crippen molar-refractivity contribution in [2.45, 2.75) is 13.8 Å². The Labute approximate surface area is 200 Å². The van der Waals surface area contributed by atoms with Crippen molar-refractivity contribution in [2.75, 3.05) is 9.80 Å². The molecule has 0 amide bonds. The van der Waals surface area contributed by atoms with Crippen molar-refractivity contribution in [2.24, 2.45) is 0 Å². The molecule has 0 saturated carbocycles. The lowest BCUT2D eigenvalue weighted by Gasteiger charge is -2.25.